The Kier molecular flexibility index (Phi) is 4.71. The highest BCUT2D eigenvalue weighted by molar-refractivity contribution is 6.06. The zero-order valence-corrected chi connectivity index (χ0v) is 13.8. The Morgan fingerprint density at radius 2 is 1.73 bits per heavy atom. The van der Waals surface area contributed by atoms with Crippen LogP contribution >= 0.6 is 0 Å². The molecule has 0 heterocycles. The van der Waals surface area contributed by atoms with E-state index in [0.717, 1.165) is 22.2 Å². The highest BCUT2D eigenvalue weighted by atomic mass is 16.5. The second kappa shape index (κ2) is 6.36. The minimum Gasteiger partial charge on any atom is -0.490 e. The summed E-state index contributed by atoms with van der Waals surface area (Å²) in [5.41, 5.74) is -0.129. The summed E-state index contributed by atoms with van der Waals surface area (Å²) < 4.78 is 11.1. The minimum atomic E-state index is -0.881. The van der Waals surface area contributed by atoms with Crippen LogP contribution in [-0.2, 0) is 9.53 Å². The molecular formula is C18H23NO3. The first-order valence-electron chi connectivity index (χ1n) is 7.40. The van der Waals surface area contributed by atoms with Crippen LogP contribution in [-0.4, -0.2) is 24.7 Å². The van der Waals surface area contributed by atoms with Gasteiger partial charge in [-0.3, -0.25) is 4.79 Å². The quantitative estimate of drug-likeness (QED) is 0.908. The van der Waals surface area contributed by atoms with Gasteiger partial charge >= 0.3 is 0 Å². The lowest BCUT2D eigenvalue weighted by molar-refractivity contribution is -0.133. The van der Waals surface area contributed by atoms with Crippen LogP contribution in [0.1, 0.15) is 27.7 Å². The Balaban J connectivity index is 2.42. The van der Waals surface area contributed by atoms with E-state index < -0.39 is 5.60 Å². The van der Waals surface area contributed by atoms with Gasteiger partial charge in [-0.2, -0.15) is 0 Å². The number of hydrogen-bond acceptors (Lipinski definition) is 3. The third-order valence-corrected chi connectivity index (χ3v) is 3.55. The molecule has 0 aliphatic carbocycles. The first-order valence-corrected chi connectivity index (χ1v) is 7.40. The van der Waals surface area contributed by atoms with E-state index in [1.807, 2.05) is 50.2 Å². The van der Waals surface area contributed by atoms with Gasteiger partial charge in [0.25, 0.3) is 5.91 Å². The Morgan fingerprint density at radius 1 is 1.09 bits per heavy atom. The molecule has 0 aliphatic rings. The highest BCUT2D eigenvalue weighted by Gasteiger charge is 2.27. The van der Waals surface area contributed by atoms with E-state index in [0.29, 0.717) is 0 Å². The van der Waals surface area contributed by atoms with Crippen molar-refractivity contribution in [2.24, 2.45) is 0 Å². The van der Waals surface area contributed by atoms with Crippen LogP contribution in [0, 0.1) is 0 Å². The number of fused-ring (bicyclic) bond motifs is 1. The van der Waals surface area contributed by atoms with Gasteiger partial charge < -0.3 is 14.8 Å². The Morgan fingerprint density at radius 3 is 2.32 bits per heavy atom. The predicted molar refractivity (Wildman–Crippen MR) is 89.4 cm³/mol. The van der Waals surface area contributed by atoms with Gasteiger partial charge in [-0.05, 0) is 39.8 Å². The fourth-order valence-corrected chi connectivity index (χ4v) is 2.10. The highest BCUT2D eigenvalue weighted by Crippen LogP contribution is 2.32. The third-order valence-electron chi connectivity index (χ3n) is 3.55. The summed E-state index contributed by atoms with van der Waals surface area (Å²) in [4.78, 5) is 12.3. The number of hydrogen-bond donors (Lipinski definition) is 1. The molecule has 2 rings (SSSR count). The van der Waals surface area contributed by atoms with E-state index in [1.54, 1.807) is 13.8 Å². The molecule has 0 saturated heterocycles. The number of benzene rings is 2. The lowest BCUT2D eigenvalue weighted by Gasteiger charge is -2.22. The molecule has 4 heteroatoms. The van der Waals surface area contributed by atoms with Gasteiger partial charge in [0, 0.05) is 23.6 Å². The van der Waals surface area contributed by atoms with E-state index in [-0.39, 0.29) is 12.0 Å². The molecule has 0 fully saturated rings. The zero-order chi connectivity index (χ0) is 16.3. The van der Waals surface area contributed by atoms with Gasteiger partial charge in [0.15, 0.2) is 0 Å². The summed E-state index contributed by atoms with van der Waals surface area (Å²) in [6.45, 7) is 7.46. The monoisotopic (exact) mass is 301 g/mol. The Hall–Kier alpha value is -2.07. The van der Waals surface area contributed by atoms with E-state index in [4.69, 9.17) is 9.47 Å². The number of nitrogens with one attached hydrogen (secondary N) is 1. The molecule has 1 N–H and O–H groups in total. The summed E-state index contributed by atoms with van der Waals surface area (Å²) in [5.74, 6) is 0.632. The van der Waals surface area contributed by atoms with E-state index >= 15 is 0 Å². The first-order chi connectivity index (χ1) is 10.3. The molecule has 2 aromatic carbocycles. The van der Waals surface area contributed by atoms with Crippen molar-refractivity contribution in [1.82, 2.24) is 0 Å². The van der Waals surface area contributed by atoms with Crippen LogP contribution in [0.4, 0.5) is 5.69 Å². The lowest BCUT2D eigenvalue weighted by Crippen LogP contribution is -2.38. The SMILES string of the molecule is COC(C)(C)C(=O)Nc1ccc(OC(C)C)c2ccccc12. The molecule has 0 radical (unpaired) electrons. The standard InChI is InChI=1S/C18H23NO3/c1-12(2)22-16-11-10-15(13-8-6-7-9-14(13)16)19-17(20)18(3,4)21-5/h6-12H,1-5H3,(H,19,20). The Labute approximate surface area is 131 Å². The van der Waals surface area contributed by atoms with E-state index in [9.17, 15) is 4.79 Å². The smallest absolute Gasteiger partial charge is 0.256 e. The van der Waals surface area contributed by atoms with Crippen molar-refractivity contribution >= 4 is 22.4 Å². The molecule has 0 saturated carbocycles. The summed E-state index contributed by atoms with van der Waals surface area (Å²) in [6, 6.07) is 11.6. The zero-order valence-electron chi connectivity index (χ0n) is 13.8. The van der Waals surface area contributed by atoms with Crippen LogP contribution in [0.5, 0.6) is 5.75 Å². The molecule has 118 valence electrons. The molecule has 0 spiro atoms. The number of rotatable bonds is 5. The largest absolute Gasteiger partial charge is 0.490 e. The summed E-state index contributed by atoms with van der Waals surface area (Å²) in [7, 11) is 1.53. The van der Waals surface area contributed by atoms with Crippen molar-refractivity contribution in [3.63, 3.8) is 0 Å². The second-order valence-corrected chi connectivity index (χ2v) is 5.99. The molecule has 1 amide bonds. The fraction of sp³-hybridized carbons (Fsp3) is 0.389. The van der Waals surface area contributed by atoms with Gasteiger partial charge in [0.1, 0.15) is 11.4 Å². The normalized spacial score (nSPS) is 11.7. The van der Waals surface area contributed by atoms with Crippen LogP contribution in [0.15, 0.2) is 36.4 Å². The molecule has 0 unspecified atom stereocenters. The minimum absolute atomic E-state index is 0.0938. The number of anilines is 1. The van der Waals surface area contributed by atoms with Crippen LogP contribution in [0.25, 0.3) is 10.8 Å². The second-order valence-electron chi connectivity index (χ2n) is 5.99. The predicted octanol–water partition coefficient (Wildman–Crippen LogP) is 3.99. The van der Waals surface area contributed by atoms with E-state index in [2.05, 4.69) is 5.32 Å². The van der Waals surface area contributed by atoms with Gasteiger partial charge in [0.2, 0.25) is 0 Å². The maximum Gasteiger partial charge on any atom is 0.256 e. The van der Waals surface area contributed by atoms with Crippen molar-refractivity contribution < 1.29 is 14.3 Å². The lowest BCUT2D eigenvalue weighted by atomic mass is 10.1. The molecule has 0 aliphatic heterocycles. The summed E-state index contributed by atoms with van der Waals surface area (Å²) >= 11 is 0. The maximum absolute atomic E-state index is 12.3. The molecule has 2 aromatic rings. The molecule has 4 nitrogen and oxygen atoms in total. The summed E-state index contributed by atoms with van der Waals surface area (Å²) in [5, 5.41) is 4.86. The van der Waals surface area contributed by atoms with Crippen molar-refractivity contribution in [3.8, 4) is 5.75 Å². The molecule has 22 heavy (non-hydrogen) atoms. The van der Waals surface area contributed by atoms with Gasteiger partial charge in [-0.1, -0.05) is 24.3 Å². The Bertz CT molecular complexity index is 677. The van der Waals surface area contributed by atoms with Gasteiger partial charge in [-0.25, -0.2) is 0 Å². The van der Waals surface area contributed by atoms with Crippen LogP contribution in [0.3, 0.4) is 0 Å². The van der Waals surface area contributed by atoms with Crippen LogP contribution < -0.4 is 10.1 Å². The molecule has 0 aromatic heterocycles. The van der Waals surface area contributed by atoms with Crippen molar-refractivity contribution in [3.05, 3.63) is 36.4 Å². The van der Waals surface area contributed by atoms with Crippen molar-refractivity contribution in [2.75, 3.05) is 12.4 Å². The van der Waals surface area contributed by atoms with Gasteiger partial charge in [-0.15, -0.1) is 0 Å². The molecule has 0 atom stereocenters. The topological polar surface area (TPSA) is 47.6 Å². The molecular weight excluding hydrogens is 278 g/mol. The number of carbonyl (C=O) groups excluding carboxylic acids is 1. The van der Waals surface area contributed by atoms with Crippen LogP contribution in [0.2, 0.25) is 0 Å². The number of ether oxygens (including phenoxy) is 2. The molecule has 0 bridgehead atoms. The number of amides is 1. The maximum atomic E-state index is 12.3. The average molecular weight is 301 g/mol. The number of methoxy groups -OCH3 is 1. The van der Waals surface area contributed by atoms with Gasteiger partial charge in [0.05, 0.1) is 6.10 Å². The fourth-order valence-electron chi connectivity index (χ4n) is 2.10. The first kappa shape index (κ1) is 16.3. The average Bonchev–Trinajstić information content (AvgIpc) is 2.49. The summed E-state index contributed by atoms with van der Waals surface area (Å²) in [6.07, 6.45) is 0.0938. The van der Waals surface area contributed by atoms with Crippen molar-refractivity contribution in [2.45, 2.75) is 39.4 Å². The number of carbonyl (C=O) groups is 1. The van der Waals surface area contributed by atoms with E-state index in [1.165, 1.54) is 7.11 Å². The third kappa shape index (κ3) is 3.39. The van der Waals surface area contributed by atoms with Crippen molar-refractivity contribution in [1.29, 1.82) is 0 Å².